The van der Waals surface area contributed by atoms with Crippen LogP contribution in [0.5, 0.6) is 0 Å². The number of aryl methyl sites for hydroxylation is 2. The maximum atomic E-state index is 5.70. The van der Waals surface area contributed by atoms with Crippen LogP contribution in [0.3, 0.4) is 0 Å². The number of hydrogen-bond acceptors (Lipinski definition) is 5. The highest BCUT2D eigenvalue weighted by molar-refractivity contribution is 5.39. The van der Waals surface area contributed by atoms with Crippen LogP contribution in [0.1, 0.15) is 18.4 Å². The lowest BCUT2D eigenvalue weighted by Gasteiger charge is -2.00. The molecule has 0 saturated heterocycles. The Hall–Kier alpha value is -1.92. The molecular formula is C8H13N7. The number of hydrogen-bond donors (Lipinski definition) is 1. The second-order valence-corrected chi connectivity index (χ2v) is 3.28. The summed E-state index contributed by atoms with van der Waals surface area (Å²) in [6.45, 7) is 5.15. The molecule has 15 heavy (non-hydrogen) atoms. The summed E-state index contributed by atoms with van der Waals surface area (Å²) in [6, 6.07) is 0. The number of aromatic nitrogens is 6. The summed E-state index contributed by atoms with van der Waals surface area (Å²) in [4.78, 5) is 0. The molecule has 2 aromatic heterocycles. The van der Waals surface area contributed by atoms with Gasteiger partial charge in [0, 0.05) is 12.7 Å². The Bertz CT molecular complexity index is 436. The van der Waals surface area contributed by atoms with E-state index in [1.165, 1.54) is 0 Å². The van der Waals surface area contributed by atoms with Gasteiger partial charge in [-0.1, -0.05) is 0 Å². The lowest BCUT2D eigenvalue weighted by molar-refractivity contribution is 0.560. The zero-order valence-electron chi connectivity index (χ0n) is 8.75. The van der Waals surface area contributed by atoms with E-state index in [1.807, 2.05) is 13.8 Å². The van der Waals surface area contributed by atoms with E-state index in [0.717, 1.165) is 18.1 Å². The molecule has 0 amide bonds. The lowest BCUT2D eigenvalue weighted by Crippen LogP contribution is -2.09. The van der Waals surface area contributed by atoms with Crippen LogP contribution < -0.4 is 5.73 Å². The largest absolute Gasteiger partial charge is 0.396 e. The van der Waals surface area contributed by atoms with Crippen LogP contribution in [-0.4, -0.2) is 30.0 Å². The third kappa shape index (κ3) is 1.80. The molecule has 80 valence electrons. The molecule has 0 saturated carbocycles. The quantitative estimate of drug-likeness (QED) is 0.754. The van der Waals surface area contributed by atoms with Gasteiger partial charge in [0.2, 0.25) is 0 Å². The molecule has 0 unspecified atom stereocenters. The van der Waals surface area contributed by atoms with Crippen molar-refractivity contribution >= 4 is 5.69 Å². The highest BCUT2D eigenvalue weighted by atomic mass is 15.5. The molecule has 7 nitrogen and oxygen atoms in total. The van der Waals surface area contributed by atoms with Crippen LogP contribution in [0.25, 0.3) is 0 Å². The van der Waals surface area contributed by atoms with E-state index in [9.17, 15) is 0 Å². The second kappa shape index (κ2) is 3.68. The minimum Gasteiger partial charge on any atom is -0.396 e. The molecule has 0 atom stereocenters. The number of tetrazole rings is 1. The summed E-state index contributed by atoms with van der Waals surface area (Å²) < 4.78 is 3.47. The Labute approximate surface area is 86.9 Å². The zero-order valence-corrected chi connectivity index (χ0v) is 8.75. The van der Waals surface area contributed by atoms with Crippen LogP contribution in [0, 0.1) is 6.92 Å². The average molecular weight is 207 g/mol. The Balaban J connectivity index is 2.21. The molecule has 0 radical (unpaired) electrons. The summed E-state index contributed by atoms with van der Waals surface area (Å²) in [5, 5.41) is 15.6. The fraction of sp³-hybridized carbons (Fsp3) is 0.500. The topological polar surface area (TPSA) is 87.4 Å². The SMILES string of the molecule is CCn1nnnc1Cn1cc(N)c(C)n1. The predicted molar refractivity (Wildman–Crippen MR) is 54.0 cm³/mol. The lowest BCUT2D eigenvalue weighted by atomic mass is 10.4. The second-order valence-electron chi connectivity index (χ2n) is 3.28. The summed E-state index contributed by atoms with van der Waals surface area (Å²) >= 11 is 0. The van der Waals surface area contributed by atoms with Crippen molar-refractivity contribution in [1.82, 2.24) is 30.0 Å². The molecular weight excluding hydrogens is 194 g/mol. The smallest absolute Gasteiger partial charge is 0.172 e. The summed E-state index contributed by atoms with van der Waals surface area (Å²) in [5.41, 5.74) is 7.21. The van der Waals surface area contributed by atoms with Crippen LogP contribution in [-0.2, 0) is 13.1 Å². The summed E-state index contributed by atoms with van der Waals surface area (Å²) in [5.74, 6) is 0.778. The first-order valence-corrected chi connectivity index (χ1v) is 4.75. The predicted octanol–water partition coefficient (Wildman–Crippen LogP) is -0.172. The van der Waals surface area contributed by atoms with E-state index in [0.29, 0.717) is 12.2 Å². The number of anilines is 1. The first-order chi connectivity index (χ1) is 7.20. The van der Waals surface area contributed by atoms with Crippen molar-refractivity contribution in [2.75, 3.05) is 5.73 Å². The number of nitrogens with two attached hydrogens (primary N) is 1. The zero-order chi connectivity index (χ0) is 10.8. The molecule has 0 aliphatic rings. The molecule has 2 N–H and O–H groups in total. The van der Waals surface area contributed by atoms with E-state index in [4.69, 9.17) is 5.73 Å². The molecule has 2 rings (SSSR count). The molecule has 0 fully saturated rings. The normalized spacial score (nSPS) is 10.8. The Kier molecular flexibility index (Phi) is 2.36. The van der Waals surface area contributed by atoms with Gasteiger partial charge in [-0.2, -0.15) is 5.10 Å². The van der Waals surface area contributed by atoms with Crippen molar-refractivity contribution < 1.29 is 0 Å². The first-order valence-electron chi connectivity index (χ1n) is 4.75. The monoisotopic (exact) mass is 207 g/mol. The van der Waals surface area contributed by atoms with Crippen molar-refractivity contribution in [3.63, 3.8) is 0 Å². The van der Waals surface area contributed by atoms with E-state index >= 15 is 0 Å². The van der Waals surface area contributed by atoms with Gasteiger partial charge in [-0.05, 0) is 24.3 Å². The minimum absolute atomic E-state index is 0.541. The van der Waals surface area contributed by atoms with Gasteiger partial charge in [0.25, 0.3) is 0 Å². The van der Waals surface area contributed by atoms with E-state index in [-0.39, 0.29) is 0 Å². The van der Waals surface area contributed by atoms with E-state index in [2.05, 4.69) is 20.6 Å². The molecule has 0 aliphatic heterocycles. The van der Waals surface area contributed by atoms with Crippen molar-refractivity contribution in [3.8, 4) is 0 Å². The van der Waals surface area contributed by atoms with Crippen molar-refractivity contribution in [1.29, 1.82) is 0 Å². The first kappa shape index (κ1) is 9.63. The van der Waals surface area contributed by atoms with Gasteiger partial charge < -0.3 is 5.73 Å². The van der Waals surface area contributed by atoms with E-state index in [1.54, 1.807) is 15.6 Å². The van der Waals surface area contributed by atoms with Crippen LogP contribution in [0.15, 0.2) is 6.20 Å². The third-order valence-corrected chi connectivity index (χ3v) is 2.19. The van der Waals surface area contributed by atoms with E-state index < -0.39 is 0 Å². The van der Waals surface area contributed by atoms with Crippen molar-refractivity contribution in [2.24, 2.45) is 0 Å². The van der Waals surface area contributed by atoms with Gasteiger partial charge in [0.1, 0.15) is 6.54 Å². The van der Waals surface area contributed by atoms with Gasteiger partial charge in [-0.25, -0.2) is 4.68 Å². The minimum atomic E-state index is 0.541. The molecule has 0 bridgehead atoms. The molecule has 2 aromatic rings. The molecule has 0 spiro atoms. The number of nitrogen functional groups attached to an aromatic ring is 1. The maximum absolute atomic E-state index is 5.70. The van der Waals surface area contributed by atoms with Crippen molar-refractivity contribution in [3.05, 3.63) is 17.7 Å². The molecule has 2 heterocycles. The number of rotatable bonds is 3. The fourth-order valence-electron chi connectivity index (χ4n) is 1.34. The highest BCUT2D eigenvalue weighted by Gasteiger charge is 2.07. The number of nitrogens with zero attached hydrogens (tertiary/aromatic N) is 6. The van der Waals surface area contributed by atoms with Gasteiger partial charge in [-0.3, -0.25) is 4.68 Å². The van der Waals surface area contributed by atoms with Crippen molar-refractivity contribution in [2.45, 2.75) is 26.9 Å². The van der Waals surface area contributed by atoms with Gasteiger partial charge in [-0.15, -0.1) is 5.10 Å². The molecule has 0 aromatic carbocycles. The third-order valence-electron chi connectivity index (χ3n) is 2.19. The Morgan fingerprint density at radius 2 is 2.27 bits per heavy atom. The van der Waals surface area contributed by atoms with Gasteiger partial charge in [0.15, 0.2) is 5.82 Å². The standard InChI is InChI=1S/C8H13N7/c1-3-15-8(10-12-13-15)5-14-4-7(9)6(2)11-14/h4H,3,5,9H2,1-2H3. The highest BCUT2D eigenvalue weighted by Crippen LogP contribution is 2.07. The Morgan fingerprint density at radius 1 is 1.47 bits per heavy atom. The summed E-state index contributed by atoms with van der Waals surface area (Å²) in [7, 11) is 0. The average Bonchev–Trinajstić information content (AvgIpc) is 2.75. The maximum Gasteiger partial charge on any atom is 0.172 e. The molecule has 0 aliphatic carbocycles. The molecule has 7 heteroatoms. The Morgan fingerprint density at radius 3 is 2.87 bits per heavy atom. The van der Waals surface area contributed by atoms with Gasteiger partial charge in [0.05, 0.1) is 11.4 Å². The van der Waals surface area contributed by atoms with Crippen LogP contribution >= 0.6 is 0 Å². The van der Waals surface area contributed by atoms with Crippen LogP contribution in [0.2, 0.25) is 0 Å². The van der Waals surface area contributed by atoms with Gasteiger partial charge >= 0.3 is 0 Å². The fourth-order valence-corrected chi connectivity index (χ4v) is 1.34. The van der Waals surface area contributed by atoms with Crippen LogP contribution in [0.4, 0.5) is 5.69 Å². The summed E-state index contributed by atoms with van der Waals surface area (Å²) in [6.07, 6.45) is 1.78.